The fourth-order valence-corrected chi connectivity index (χ4v) is 3.08. The second kappa shape index (κ2) is 9.86. The Bertz CT molecular complexity index is 397. The molecule has 0 saturated heterocycles. The maximum absolute atomic E-state index is 12.1. The zero-order valence-electron chi connectivity index (χ0n) is 15.0. The predicted molar refractivity (Wildman–Crippen MR) is 95.6 cm³/mol. The Morgan fingerprint density at radius 2 is 1.55 bits per heavy atom. The molecular weight excluding hydrogens is 270 g/mol. The van der Waals surface area contributed by atoms with Crippen LogP contribution in [0.3, 0.4) is 0 Å². The van der Waals surface area contributed by atoms with Crippen LogP contribution in [0.4, 0.5) is 0 Å². The number of carbonyl (C=O) groups excluding carboxylic acids is 1. The van der Waals surface area contributed by atoms with E-state index in [2.05, 4.69) is 24.9 Å². The summed E-state index contributed by atoms with van der Waals surface area (Å²) in [5, 5.41) is 2.95. The summed E-state index contributed by atoms with van der Waals surface area (Å²) in [6.07, 6.45) is 16.4. The van der Waals surface area contributed by atoms with E-state index < -0.39 is 0 Å². The summed E-state index contributed by atoms with van der Waals surface area (Å²) < 4.78 is 0. The summed E-state index contributed by atoms with van der Waals surface area (Å²) in [6, 6.07) is 0. The van der Waals surface area contributed by atoms with Gasteiger partial charge < -0.3 is 5.32 Å². The standard InChI is InChI=1S/C20H35NO/c1-5-6-7-8-9-10-11-12-13-14-15-20(4)16-18(17(2)3)21-19(20)22/h16H,2,5-15H2,1,3-4H3,(H,21,22). The first-order chi connectivity index (χ1) is 10.5. The van der Waals surface area contributed by atoms with Gasteiger partial charge >= 0.3 is 0 Å². The number of amides is 1. The van der Waals surface area contributed by atoms with Crippen LogP contribution in [0, 0.1) is 5.41 Å². The monoisotopic (exact) mass is 305 g/mol. The molecule has 0 spiro atoms. The second-order valence-electron chi connectivity index (χ2n) is 7.14. The van der Waals surface area contributed by atoms with E-state index in [4.69, 9.17) is 0 Å². The van der Waals surface area contributed by atoms with E-state index >= 15 is 0 Å². The molecule has 0 saturated carbocycles. The molecule has 0 aliphatic carbocycles. The summed E-state index contributed by atoms with van der Waals surface area (Å²) >= 11 is 0. The largest absolute Gasteiger partial charge is 0.325 e. The molecule has 2 nitrogen and oxygen atoms in total. The maximum atomic E-state index is 12.1. The number of carbonyl (C=O) groups is 1. The molecule has 1 aliphatic heterocycles. The molecule has 1 rings (SSSR count). The highest BCUT2D eigenvalue weighted by Gasteiger charge is 2.36. The lowest BCUT2D eigenvalue weighted by Gasteiger charge is -2.18. The molecule has 0 bridgehead atoms. The normalized spacial score (nSPS) is 20.9. The summed E-state index contributed by atoms with van der Waals surface area (Å²) in [4.78, 5) is 12.1. The van der Waals surface area contributed by atoms with Gasteiger partial charge in [-0.15, -0.1) is 0 Å². The van der Waals surface area contributed by atoms with E-state index in [1.807, 2.05) is 13.8 Å². The highest BCUT2D eigenvalue weighted by atomic mass is 16.2. The molecule has 0 aromatic heterocycles. The number of hydrogen-bond donors (Lipinski definition) is 1. The fraction of sp³-hybridized carbons (Fsp3) is 0.750. The van der Waals surface area contributed by atoms with Crippen molar-refractivity contribution in [3.05, 3.63) is 23.9 Å². The van der Waals surface area contributed by atoms with Crippen molar-refractivity contribution in [1.29, 1.82) is 0 Å². The third-order valence-electron chi connectivity index (χ3n) is 4.74. The molecule has 1 amide bonds. The lowest BCUT2D eigenvalue weighted by molar-refractivity contribution is -0.126. The summed E-state index contributed by atoms with van der Waals surface area (Å²) in [7, 11) is 0. The summed E-state index contributed by atoms with van der Waals surface area (Å²) in [6.45, 7) is 10.2. The Labute approximate surface area is 137 Å². The van der Waals surface area contributed by atoms with Crippen LogP contribution >= 0.6 is 0 Å². The van der Waals surface area contributed by atoms with Crippen molar-refractivity contribution in [2.75, 3.05) is 0 Å². The van der Waals surface area contributed by atoms with E-state index in [0.29, 0.717) is 0 Å². The van der Waals surface area contributed by atoms with E-state index in [-0.39, 0.29) is 11.3 Å². The number of rotatable bonds is 12. The molecule has 0 aromatic carbocycles. The van der Waals surface area contributed by atoms with E-state index in [1.54, 1.807) is 0 Å². The smallest absolute Gasteiger partial charge is 0.234 e. The lowest BCUT2D eigenvalue weighted by Crippen LogP contribution is -2.30. The number of allylic oxidation sites excluding steroid dienone is 1. The Balaban J connectivity index is 2.09. The number of unbranched alkanes of at least 4 members (excludes halogenated alkanes) is 9. The quantitative estimate of drug-likeness (QED) is 0.447. The highest BCUT2D eigenvalue weighted by Crippen LogP contribution is 2.33. The van der Waals surface area contributed by atoms with Crippen LogP contribution in [0.2, 0.25) is 0 Å². The molecule has 0 fully saturated rings. The van der Waals surface area contributed by atoms with E-state index in [9.17, 15) is 4.79 Å². The van der Waals surface area contributed by atoms with Gasteiger partial charge in [0, 0.05) is 5.70 Å². The van der Waals surface area contributed by atoms with E-state index in [1.165, 1.54) is 57.8 Å². The molecular formula is C20H35NO. The molecule has 0 radical (unpaired) electrons. The van der Waals surface area contributed by atoms with Crippen molar-refractivity contribution in [2.24, 2.45) is 5.41 Å². The van der Waals surface area contributed by atoms with Gasteiger partial charge in [0.15, 0.2) is 0 Å². The first kappa shape index (κ1) is 19.0. The molecule has 1 N–H and O–H groups in total. The zero-order valence-corrected chi connectivity index (χ0v) is 15.0. The van der Waals surface area contributed by atoms with Gasteiger partial charge in [-0.3, -0.25) is 4.79 Å². The van der Waals surface area contributed by atoms with Gasteiger partial charge in [0.1, 0.15) is 0 Å². The first-order valence-electron chi connectivity index (χ1n) is 9.20. The minimum atomic E-state index is -0.325. The average Bonchev–Trinajstić information content (AvgIpc) is 2.77. The van der Waals surface area contributed by atoms with Crippen LogP contribution in [-0.2, 0) is 4.79 Å². The van der Waals surface area contributed by atoms with Crippen molar-refractivity contribution < 1.29 is 4.79 Å². The van der Waals surface area contributed by atoms with Gasteiger partial charge in [0.05, 0.1) is 5.41 Å². The van der Waals surface area contributed by atoms with Crippen LogP contribution in [0.5, 0.6) is 0 Å². The van der Waals surface area contributed by atoms with Gasteiger partial charge in [-0.05, 0) is 31.9 Å². The van der Waals surface area contributed by atoms with Crippen LogP contribution in [0.25, 0.3) is 0 Å². The molecule has 1 atom stereocenters. The predicted octanol–water partition coefficient (Wildman–Crippen LogP) is 5.89. The van der Waals surface area contributed by atoms with E-state index in [0.717, 1.165) is 24.1 Å². The molecule has 126 valence electrons. The van der Waals surface area contributed by atoms with Crippen LogP contribution in [-0.4, -0.2) is 5.91 Å². The average molecular weight is 306 g/mol. The Morgan fingerprint density at radius 1 is 1.05 bits per heavy atom. The van der Waals surface area contributed by atoms with Gasteiger partial charge in [-0.1, -0.05) is 77.7 Å². The van der Waals surface area contributed by atoms with Gasteiger partial charge in [0.25, 0.3) is 0 Å². The number of nitrogens with one attached hydrogen (secondary N) is 1. The third-order valence-corrected chi connectivity index (χ3v) is 4.74. The summed E-state index contributed by atoms with van der Waals surface area (Å²) in [5.74, 6) is 0.140. The topological polar surface area (TPSA) is 29.1 Å². The minimum absolute atomic E-state index is 0.140. The molecule has 1 aliphatic rings. The Kier molecular flexibility index (Phi) is 8.52. The van der Waals surface area contributed by atoms with Gasteiger partial charge in [-0.25, -0.2) is 0 Å². The van der Waals surface area contributed by atoms with Crippen molar-refractivity contribution >= 4 is 5.91 Å². The first-order valence-corrected chi connectivity index (χ1v) is 9.20. The van der Waals surface area contributed by atoms with Crippen LogP contribution in [0.1, 0.15) is 91.4 Å². The van der Waals surface area contributed by atoms with Crippen molar-refractivity contribution in [2.45, 2.75) is 91.4 Å². The second-order valence-corrected chi connectivity index (χ2v) is 7.14. The Morgan fingerprint density at radius 3 is 2.00 bits per heavy atom. The van der Waals surface area contributed by atoms with Crippen molar-refractivity contribution in [1.82, 2.24) is 5.32 Å². The summed E-state index contributed by atoms with van der Waals surface area (Å²) in [5.41, 5.74) is 1.54. The molecule has 1 heterocycles. The van der Waals surface area contributed by atoms with Crippen molar-refractivity contribution in [3.8, 4) is 0 Å². The minimum Gasteiger partial charge on any atom is -0.325 e. The molecule has 2 heteroatoms. The van der Waals surface area contributed by atoms with Gasteiger partial charge in [-0.2, -0.15) is 0 Å². The van der Waals surface area contributed by atoms with Gasteiger partial charge in [0.2, 0.25) is 5.91 Å². The fourth-order valence-electron chi connectivity index (χ4n) is 3.08. The highest BCUT2D eigenvalue weighted by molar-refractivity contribution is 5.89. The Hall–Kier alpha value is -1.05. The van der Waals surface area contributed by atoms with Crippen LogP contribution in [0.15, 0.2) is 23.9 Å². The maximum Gasteiger partial charge on any atom is 0.234 e. The zero-order chi connectivity index (χ0) is 16.4. The third kappa shape index (κ3) is 6.37. The SMILES string of the molecule is C=C(C)C1=CC(C)(CCCCCCCCCCCC)C(=O)N1. The number of hydrogen-bond acceptors (Lipinski definition) is 1. The molecule has 0 aromatic rings. The molecule has 22 heavy (non-hydrogen) atoms. The molecule has 1 unspecified atom stereocenters. The van der Waals surface area contributed by atoms with Crippen molar-refractivity contribution in [3.63, 3.8) is 0 Å². The lowest BCUT2D eigenvalue weighted by atomic mass is 9.84. The van der Waals surface area contributed by atoms with Crippen LogP contribution < -0.4 is 5.32 Å².